The molecule has 1 atom stereocenters. The average molecular weight is 211 g/mol. The summed E-state index contributed by atoms with van der Waals surface area (Å²) >= 11 is 1.51. The maximum atomic E-state index is 10.5. The molecule has 1 aliphatic rings. The van der Waals surface area contributed by atoms with E-state index < -0.39 is 0 Å². The molecule has 0 aromatic carbocycles. The first-order valence-corrected chi connectivity index (χ1v) is 5.68. The molecule has 1 fully saturated rings. The van der Waals surface area contributed by atoms with Crippen LogP contribution in [0.25, 0.3) is 0 Å². The van der Waals surface area contributed by atoms with E-state index in [4.69, 9.17) is 4.74 Å². The van der Waals surface area contributed by atoms with E-state index in [1.807, 2.05) is 0 Å². The lowest BCUT2D eigenvalue weighted by Gasteiger charge is -2.31. The summed E-state index contributed by atoms with van der Waals surface area (Å²) in [6.45, 7) is 2.85. The predicted molar refractivity (Wildman–Crippen MR) is 54.7 cm³/mol. The van der Waals surface area contributed by atoms with E-state index in [2.05, 4.69) is 11.9 Å². The highest BCUT2D eigenvalue weighted by Crippen LogP contribution is 2.35. The van der Waals surface area contributed by atoms with Crippen LogP contribution in [0.1, 0.15) is 41.7 Å². The molecule has 1 unspecified atom stereocenters. The number of carbonyl (C=O) groups is 1. The molecule has 0 bridgehead atoms. The number of rotatable bonds is 2. The molecule has 0 aliphatic carbocycles. The Hall–Kier alpha value is -0.740. The van der Waals surface area contributed by atoms with Crippen molar-refractivity contribution in [3.05, 3.63) is 16.1 Å². The van der Waals surface area contributed by atoms with Crippen molar-refractivity contribution in [1.29, 1.82) is 0 Å². The summed E-state index contributed by atoms with van der Waals surface area (Å²) in [5.74, 6) is 0. The molecule has 1 aromatic rings. The van der Waals surface area contributed by atoms with Gasteiger partial charge in [-0.15, -0.1) is 11.3 Å². The van der Waals surface area contributed by atoms with Gasteiger partial charge in [-0.1, -0.05) is 0 Å². The van der Waals surface area contributed by atoms with Crippen molar-refractivity contribution in [2.45, 2.75) is 31.8 Å². The number of hydrogen-bond acceptors (Lipinski definition) is 4. The molecule has 14 heavy (non-hydrogen) atoms. The molecule has 4 heteroatoms. The van der Waals surface area contributed by atoms with Crippen LogP contribution in [0.4, 0.5) is 0 Å². The lowest BCUT2D eigenvalue weighted by molar-refractivity contribution is -0.0702. The van der Waals surface area contributed by atoms with Crippen LogP contribution in [0.3, 0.4) is 0 Å². The van der Waals surface area contributed by atoms with Crippen molar-refractivity contribution in [1.82, 2.24) is 4.98 Å². The standard InChI is InChI=1S/C10H13NO2S/c1-10(4-2-3-5-13-10)9-11-8(6-12)7-14-9/h6-7H,2-5H2,1H3. The highest BCUT2D eigenvalue weighted by molar-refractivity contribution is 7.10. The molecule has 2 heterocycles. The molecule has 76 valence electrons. The average Bonchev–Trinajstić information content (AvgIpc) is 2.67. The van der Waals surface area contributed by atoms with Crippen LogP contribution < -0.4 is 0 Å². The molecule has 0 N–H and O–H groups in total. The first-order chi connectivity index (χ1) is 6.74. The summed E-state index contributed by atoms with van der Waals surface area (Å²) in [6.07, 6.45) is 4.08. The molecule has 0 amide bonds. The van der Waals surface area contributed by atoms with Crippen LogP contribution in [0, 0.1) is 0 Å². The third-order valence-corrected chi connectivity index (χ3v) is 3.67. The predicted octanol–water partition coefficient (Wildman–Crippen LogP) is 2.37. The summed E-state index contributed by atoms with van der Waals surface area (Å²) in [4.78, 5) is 14.8. The molecule has 0 radical (unpaired) electrons. The van der Waals surface area contributed by atoms with Gasteiger partial charge in [-0.2, -0.15) is 0 Å². The van der Waals surface area contributed by atoms with Crippen molar-refractivity contribution >= 4 is 17.6 Å². The zero-order chi connectivity index (χ0) is 10.0. The van der Waals surface area contributed by atoms with Gasteiger partial charge in [0.25, 0.3) is 0 Å². The lowest BCUT2D eigenvalue weighted by atomic mass is 9.97. The third-order valence-electron chi connectivity index (χ3n) is 2.56. The minimum Gasteiger partial charge on any atom is -0.368 e. The highest BCUT2D eigenvalue weighted by atomic mass is 32.1. The van der Waals surface area contributed by atoms with E-state index in [-0.39, 0.29) is 5.60 Å². The third kappa shape index (κ3) is 1.72. The van der Waals surface area contributed by atoms with Crippen LogP contribution in [0.15, 0.2) is 5.38 Å². The fourth-order valence-electron chi connectivity index (χ4n) is 1.69. The number of thiazole rings is 1. The Morgan fingerprint density at radius 1 is 1.64 bits per heavy atom. The second-order valence-electron chi connectivity index (χ2n) is 3.73. The first-order valence-electron chi connectivity index (χ1n) is 4.80. The second-order valence-corrected chi connectivity index (χ2v) is 4.59. The van der Waals surface area contributed by atoms with Gasteiger partial charge < -0.3 is 4.74 Å². The summed E-state index contributed by atoms with van der Waals surface area (Å²) in [6, 6.07) is 0. The molecule has 1 saturated heterocycles. The summed E-state index contributed by atoms with van der Waals surface area (Å²) in [5.41, 5.74) is 0.255. The maximum absolute atomic E-state index is 10.5. The Kier molecular flexibility index (Phi) is 2.65. The van der Waals surface area contributed by atoms with E-state index in [1.165, 1.54) is 17.8 Å². The van der Waals surface area contributed by atoms with E-state index in [1.54, 1.807) is 5.38 Å². The molecule has 2 rings (SSSR count). The number of ether oxygens (including phenoxy) is 1. The summed E-state index contributed by atoms with van der Waals surface area (Å²) < 4.78 is 5.74. The summed E-state index contributed by atoms with van der Waals surface area (Å²) in [7, 11) is 0. The Morgan fingerprint density at radius 3 is 3.07 bits per heavy atom. The Balaban J connectivity index is 2.23. The normalized spacial score (nSPS) is 27.5. The smallest absolute Gasteiger partial charge is 0.169 e. The number of aromatic nitrogens is 1. The largest absolute Gasteiger partial charge is 0.368 e. The molecule has 1 aliphatic heterocycles. The van der Waals surface area contributed by atoms with Gasteiger partial charge in [-0.05, 0) is 26.2 Å². The van der Waals surface area contributed by atoms with Crippen LogP contribution in [-0.2, 0) is 10.3 Å². The second kappa shape index (κ2) is 3.79. The quantitative estimate of drug-likeness (QED) is 0.705. The fraction of sp³-hybridized carbons (Fsp3) is 0.600. The molecule has 3 nitrogen and oxygen atoms in total. The van der Waals surface area contributed by atoms with Gasteiger partial charge in [0.05, 0.1) is 0 Å². The number of nitrogens with zero attached hydrogens (tertiary/aromatic N) is 1. The van der Waals surface area contributed by atoms with Gasteiger partial charge in [0.15, 0.2) is 6.29 Å². The van der Waals surface area contributed by atoms with Gasteiger partial charge in [-0.25, -0.2) is 4.98 Å². The fourth-order valence-corrected chi connectivity index (χ4v) is 2.59. The zero-order valence-corrected chi connectivity index (χ0v) is 8.97. The molecular formula is C10H13NO2S. The van der Waals surface area contributed by atoms with E-state index >= 15 is 0 Å². The molecule has 0 spiro atoms. The Labute approximate surface area is 87.1 Å². The van der Waals surface area contributed by atoms with Gasteiger partial charge in [0, 0.05) is 12.0 Å². The first kappa shape index (κ1) is 9.80. The van der Waals surface area contributed by atoms with Crippen molar-refractivity contribution in [3.8, 4) is 0 Å². The molecular weight excluding hydrogens is 198 g/mol. The Bertz CT molecular complexity index is 329. The van der Waals surface area contributed by atoms with Crippen molar-refractivity contribution < 1.29 is 9.53 Å². The SMILES string of the molecule is CC1(c2nc(C=O)cs2)CCCCO1. The number of aldehydes is 1. The van der Waals surface area contributed by atoms with Crippen molar-refractivity contribution in [2.24, 2.45) is 0 Å². The maximum Gasteiger partial charge on any atom is 0.169 e. The van der Waals surface area contributed by atoms with Crippen LogP contribution in [0.5, 0.6) is 0 Å². The molecule has 0 saturated carbocycles. The van der Waals surface area contributed by atoms with E-state index in [0.717, 1.165) is 30.7 Å². The monoisotopic (exact) mass is 211 g/mol. The van der Waals surface area contributed by atoms with Gasteiger partial charge in [0.2, 0.25) is 0 Å². The minimum absolute atomic E-state index is 0.260. The van der Waals surface area contributed by atoms with Gasteiger partial charge in [-0.3, -0.25) is 4.79 Å². The zero-order valence-electron chi connectivity index (χ0n) is 8.16. The van der Waals surface area contributed by atoms with Gasteiger partial charge in [0.1, 0.15) is 16.3 Å². The van der Waals surface area contributed by atoms with Crippen molar-refractivity contribution in [3.63, 3.8) is 0 Å². The van der Waals surface area contributed by atoms with Crippen molar-refractivity contribution in [2.75, 3.05) is 6.61 Å². The van der Waals surface area contributed by atoms with Crippen LogP contribution in [0.2, 0.25) is 0 Å². The summed E-state index contributed by atoms with van der Waals surface area (Å²) in [5, 5.41) is 2.71. The van der Waals surface area contributed by atoms with E-state index in [9.17, 15) is 4.79 Å². The topological polar surface area (TPSA) is 39.2 Å². The van der Waals surface area contributed by atoms with Crippen LogP contribution in [-0.4, -0.2) is 17.9 Å². The Morgan fingerprint density at radius 2 is 2.50 bits per heavy atom. The van der Waals surface area contributed by atoms with E-state index in [0.29, 0.717) is 5.69 Å². The minimum atomic E-state index is -0.260. The highest BCUT2D eigenvalue weighted by Gasteiger charge is 2.32. The van der Waals surface area contributed by atoms with Crippen LogP contribution >= 0.6 is 11.3 Å². The lowest BCUT2D eigenvalue weighted by Crippen LogP contribution is -2.30. The van der Waals surface area contributed by atoms with Gasteiger partial charge >= 0.3 is 0 Å². The number of carbonyl (C=O) groups excluding carboxylic acids is 1. The number of hydrogen-bond donors (Lipinski definition) is 0. The molecule has 1 aromatic heterocycles.